The number of amidine groups is 1. The first kappa shape index (κ1) is 22.2. The highest BCUT2D eigenvalue weighted by Crippen LogP contribution is 2.51. The lowest BCUT2D eigenvalue weighted by molar-refractivity contribution is 0.253. The monoisotopic (exact) mass is 482 g/mol. The molecule has 0 unspecified atom stereocenters. The minimum absolute atomic E-state index is 0.180. The van der Waals surface area contributed by atoms with E-state index in [2.05, 4.69) is 20.3 Å². The van der Waals surface area contributed by atoms with Gasteiger partial charge in [-0.15, -0.1) is 0 Å². The summed E-state index contributed by atoms with van der Waals surface area (Å²) < 4.78 is 55.2. The number of rotatable bonds is 3. The number of hydrogen-bond acceptors (Lipinski definition) is 8. The number of halogens is 2. The molecule has 1 aliphatic heterocycles. The molecule has 11 heteroatoms. The SMILES string of the molecule is C[C@]1(c2cc(Nc3nccc4cc(C#N)cnc34)ccc2F)N=C(N)C2(CCC2)S(=O)(=O)[C@@H]1F. The number of nitriles is 1. The summed E-state index contributed by atoms with van der Waals surface area (Å²) in [4.78, 5) is 12.8. The Balaban J connectivity index is 1.58. The van der Waals surface area contributed by atoms with Crippen LogP contribution in [0, 0.1) is 17.1 Å². The van der Waals surface area contributed by atoms with Crippen LogP contribution < -0.4 is 11.1 Å². The molecular weight excluding hydrogens is 462 g/mol. The van der Waals surface area contributed by atoms with Crippen molar-refractivity contribution in [1.29, 1.82) is 5.26 Å². The third kappa shape index (κ3) is 2.98. The number of hydrogen-bond donors (Lipinski definition) is 2. The van der Waals surface area contributed by atoms with Crippen molar-refractivity contribution in [1.82, 2.24) is 9.97 Å². The minimum atomic E-state index is -4.35. The summed E-state index contributed by atoms with van der Waals surface area (Å²) in [6.07, 6.45) is 3.94. The van der Waals surface area contributed by atoms with Crippen LogP contribution in [-0.4, -0.2) is 34.5 Å². The normalized spacial score (nSPS) is 24.8. The zero-order chi connectivity index (χ0) is 24.3. The van der Waals surface area contributed by atoms with E-state index >= 15 is 4.39 Å². The van der Waals surface area contributed by atoms with Crippen LogP contribution in [0.25, 0.3) is 10.9 Å². The first-order chi connectivity index (χ1) is 16.1. The van der Waals surface area contributed by atoms with Crippen molar-refractivity contribution in [3.63, 3.8) is 0 Å². The molecule has 1 aliphatic carbocycles. The van der Waals surface area contributed by atoms with Gasteiger partial charge in [-0.25, -0.2) is 22.2 Å². The third-order valence-electron chi connectivity index (χ3n) is 6.74. The van der Waals surface area contributed by atoms with Gasteiger partial charge in [0.05, 0.1) is 5.56 Å². The molecule has 0 bridgehead atoms. The van der Waals surface area contributed by atoms with Crippen LogP contribution >= 0.6 is 0 Å². The topological polar surface area (TPSA) is 134 Å². The fraction of sp³-hybridized carbons (Fsp3) is 0.304. The lowest BCUT2D eigenvalue weighted by Gasteiger charge is -2.48. The van der Waals surface area contributed by atoms with Crippen LogP contribution in [0.2, 0.25) is 0 Å². The molecule has 2 aliphatic rings. The number of fused-ring (bicyclic) bond motifs is 1. The molecule has 2 aromatic heterocycles. The van der Waals surface area contributed by atoms with E-state index in [1.165, 1.54) is 31.5 Å². The van der Waals surface area contributed by atoms with Crippen LogP contribution in [0.15, 0.2) is 47.7 Å². The molecule has 2 atom stereocenters. The summed E-state index contributed by atoms with van der Waals surface area (Å²) >= 11 is 0. The van der Waals surface area contributed by atoms with Gasteiger partial charge in [0.15, 0.2) is 15.7 Å². The van der Waals surface area contributed by atoms with Gasteiger partial charge in [0.1, 0.15) is 33.5 Å². The standard InChI is InChI=1S/C23H20F2N6O2S/c1-22(20(25)34(32,33)23(6-2-7-23)21(27)31-22)16-10-15(3-4-17(16)24)30-19-18-14(5-8-28-19)9-13(11-26)12-29-18/h3-5,8-10,12,20H,2,6-7H2,1H3,(H2,27,31)(H,28,30)/t20-,22+/m0/s1. The Morgan fingerprint density at radius 3 is 2.68 bits per heavy atom. The first-order valence-electron chi connectivity index (χ1n) is 10.6. The van der Waals surface area contributed by atoms with Crippen molar-refractivity contribution in [2.75, 3.05) is 5.32 Å². The van der Waals surface area contributed by atoms with Gasteiger partial charge in [-0.05, 0) is 56.5 Å². The van der Waals surface area contributed by atoms with Gasteiger partial charge < -0.3 is 11.1 Å². The number of anilines is 2. The highest BCUT2D eigenvalue weighted by Gasteiger charge is 2.64. The molecule has 3 aromatic rings. The smallest absolute Gasteiger partial charge is 0.230 e. The van der Waals surface area contributed by atoms with Crippen molar-refractivity contribution in [2.24, 2.45) is 10.7 Å². The van der Waals surface area contributed by atoms with Crippen LogP contribution in [0.5, 0.6) is 0 Å². The van der Waals surface area contributed by atoms with Crippen molar-refractivity contribution in [3.8, 4) is 6.07 Å². The Morgan fingerprint density at radius 2 is 2.00 bits per heavy atom. The molecule has 8 nitrogen and oxygen atoms in total. The summed E-state index contributed by atoms with van der Waals surface area (Å²) in [5.41, 5.74) is 2.46. The molecule has 5 rings (SSSR count). The third-order valence-corrected chi connectivity index (χ3v) is 9.45. The predicted octanol–water partition coefficient (Wildman–Crippen LogP) is 3.60. The average molecular weight is 483 g/mol. The Hall–Kier alpha value is -3.65. The van der Waals surface area contributed by atoms with Crippen LogP contribution in [-0.2, 0) is 15.4 Å². The van der Waals surface area contributed by atoms with Gasteiger partial charge in [0, 0.05) is 29.0 Å². The van der Waals surface area contributed by atoms with E-state index in [1.54, 1.807) is 12.1 Å². The Bertz CT molecular complexity index is 1510. The number of aromatic nitrogens is 2. The minimum Gasteiger partial charge on any atom is -0.386 e. The van der Waals surface area contributed by atoms with Gasteiger partial charge in [-0.1, -0.05) is 0 Å². The van der Waals surface area contributed by atoms with Crippen LogP contribution in [0.3, 0.4) is 0 Å². The first-order valence-corrected chi connectivity index (χ1v) is 12.1. The highest BCUT2D eigenvalue weighted by molar-refractivity contribution is 7.94. The molecule has 1 spiro atoms. The Morgan fingerprint density at radius 1 is 1.24 bits per heavy atom. The molecule has 3 N–H and O–H groups in total. The summed E-state index contributed by atoms with van der Waals surface area (Å²) in [6.45, 7) is 1.23. The zero-order valence-corrected chi connectivity index (χ0v) is 18.9. The van der Waals surface area contributed by atoms with Crippen LogP contribution in [0.1, 0.15) is 37.3 Å². The second kappa shape index (κ2) is 7.43. The number of nitrogens with two attached hydrogens (primary N) is 1. The van der Waals surface area contributed by atoms with Gasteiger partial charge >= 0.3 is 0 Å². The number of benzene rings is 1. The van der Waals surface area contributed by atoms with E-state index in [0.717, 1.165) is 6.07 Å². The van der Waals surface area contributed by atoms with Gasteiger partial charge in [0.2, 0.25) is 5.50 Å². The second-order valence-electron chi connectivity index (χ2n) is 8.74. The summed E-state index contributed by atoms with van der Waals surface area (Å²) in [6, 6.07) is 9.19. The lowest BCUT2D eigenvalue weighted by atomic mass is 9.82. The predicted molar refractivity (Wildman–Crippen MR) is 123 cm³/mol. The quantitative estimate of drug-likeness (QED) is 0.582. The molecule has 1 aromatic carbocycles. The van der Waals surface area contributed by atoms with Gasteiger partial charge in [0.25, 0.3) is 0 Å². The van der Waals surface area contributed by atoms with Crippen molar-refractivity contribution in [2.45, 2.75) is 42.0 Å². The number of sulfone groups is 1. The molecule has 34 heavy (non-hydrogen) atoms. The maximum Gasteiger partial charge on any atom is 0.230 e. The second-order valence-corrected chi connectivity index (χ2v) is 11.0. The van der Waals surface area contributed by atoms with E-state index in [-0.39, 0.29) is 24.2 Å². The number of nitrogens with one attached hydrogen (secondary N) is 1. The molecule has 1 saturated carbocycles. The molecule has 0 amide bonds. The van der Waals surface area contributed by atoms with E-state index in [9.17, 15) is 12.8 Å². The average Bonchev–Trinajstić information content (AvgIpc) is 2.77. The van der Waals surface area contributed by atoms with Gasteiger partial charge in [-0.2, -0.15) is 5.26 Å². The highest BCUT2D eigenvalue weighted by atomic mass is 32.2. The molecule has 0 saturated heterocycles. The molecule has 1 fully saturated rings. The zero-order valence-electron chi connectivity index (χ0n) is 18.1. The Labute approximate surface area is 194 Å². The van der Waals surface area contributed by atoms with Crippen molar-refractivity contribution in [3.05, 3.63) is 59.7 Å². The number of alkyl halides is 1. The number of aliphatic imine (C=N–C) groups is 1. The van der Waals surface area contributed by atoms with E-state index in [4.69, 9.17) is 11.0 Å². The van der Waals surface area contributed by atoms with Crippen molar-refractivity contribution >= 4 is 38.1 Å². The van der Waals surface area contributed by atoms with E-state index in [1.807, 2.05) is 6.07 Å². The fourth-order valence-electron chi connectivity index (χ4n) is 4.61. The fourth-order valence-corrected chi connectivity index (χ4v) is 6.98. The Kier molecular flexibility index (Phi) is 4.84. The van der Waals surface area contributed by atoms with E-state index in [0.29, 0.717) is 34.4 Å². The lowest BCUT2D eigenvalue weighted by Crippen LogP contribution is -2.64. The largest absolute Gasteiger partial charge is 0.386 e. The number of nitrogens with zero attached hydrogens (tertiary/aromatic N) is 4. The van der Waals surface area contributed by atoms with Gasteiger partial charge in [-0.3, -0.25) is 9.98 Å². The summed E-state index contributed by atoms with van der Waals surface area (Å²) in [7, 11) is -4.35. The molecule has 3 heterocycles. The van der Waals surface area contributed by atoms with Crippen molar-refractivity contribution < 1.29 is 17.2 Å². The maximum atomic E-state index is 15.6. The molecule has 0 radical (unpaired) electrons. The summed E-state index contributed by atoms with van der Waals surface area (Å²) in [5, 5.41) is 12.8. The van der Waals surface area contributed by atoms with Crippen LogP contribution in [0.4, 0.5) is 20.3 Å². The molecule has 174 valence electrons. The number of pyridine rings is 2. The molecular formula is C23H20F2N6O2S. The summed E-state index contributed by atoms with van der Waals surface area (Å²) in [5.74, 6) is -0.662. The van der Waals surface area contributed by atoms with E-state index < -0.39 is 31.4 Å². The maximum absolute atomic E-state index is 15.6.